The zero-order chi connectivity index (χ0) is 31.0. The molecule has 0 aliphatic heterocycles. The van der Waals surface area contributed by atoms with Gasteiger partial charge in [-0.2, -0.15) is 0 Å². The van der Waals surface area contributed by atoms with Crippen molar-refractivity contribution < 1.29 is 19.1 Å². The molecule has 4 heteroatoms. The third-order valence-corrected chi connectivity index (χ3v) is 9.14. The first kappa shape index (κ1) is 27.8. The number of carbonyl (C=O) groups excluding carboxylic acids is 2. The number of ether oxygens (including phenoxy) is 2. The van der Waals surface area contributed by atoms with Crippen molar-refractivity contribution >= 4 is 11.9 Å². The molecule has 6 aromatic carbocycles. The maximum Gasteiger partial charge on any atom is 0.417 e. The predicted octanol–water partition coefficient (Wildman–Crippen LogP) is 8.95. The first-order valence-corrected chi connectivity index (χ1v) is 15.6. The van der Waals surface area contributed by atoms with E-state index < -0.39 is 11.9 Å². The zero-order valence-corrected chi connectivity index (χ0v) is 25.2. The van der Waals surface area contributed by atoms with Gasteiger partial charge in [0, 0.05) is 0 Å². The minimum atomic E-state index is -1.00. The molecule has 0 aromatic heterocycles. The van der Waals surface area contributed by atoms with Crippen molar-refractivity contribution in [1.82, 2.24) is 0 Å². The summed E-state index contributed by atoms with van der Waals surface area (Å²) in [5, 5.41) is 0. The van der Waals surface area contributed by atoms with Gasteiger partial charge in [0.25, 0.3) is 0 Å². The highest BCUT2D eigenvalue weighted by molar-refractivity contribution is 6.29. The van der Waals surface area contributed by atoms with Gasteiger partial charge in [-0.1, -0.05) is 133 Å². The second kappa shape index (κ2) is 11.6. The lowest BCUT2D eigenvalue weighted by molar-refractivity contribution is -0.169. The zero-order valence-electron chi connectivity index (χ0n) is 25.2. The molecule has 0 saturated carbocycles. The van der Waals surface area contributed by atoms with E-state index in [1.54, 1.807) is 0 Å². The topological polar surface area (TPSA) is 52.6 Å². The van der Waals surface area contributed by atoms with Crippen LogP contribution in [0.25, 0.3) is 44.5 Å². The number of carbonyl (C=O) groups is 2. The Hall–Kier alpha value is -5.74. The summed E-state index contributed by atoms with van der Waals surface area (Å²) in [6.07, 6.45) is 1.83. The predicted molar refractivity (Wildman–Crippen MR) is 180 cm³/mol. The van der Waals surface area contributed by atoms with E-state index in [0.717, 1.165) is 35.1 Å². The van der Waals surface area contributed by atoms with Crippen molar-refractivity contribution in [2.45, 2.75) is 26.1 Å². The van der Waals surface area contributed by atoms with Gasteiger partial charge in [0.15, 0.2) is 0 Å². The first-order chi connectivity index (χ1) is 22.6. The molecule has 0 amide bonds. The largest absolute Gasteiger partial charge is 0.452 e. The Balaban J connectivity index is 0.862. The second-order valence-corrected chi connectivity index (χ2v) is 11.9. The highest BCUT2D eigenvalue weighted by Gasteiger charge is 2.23. The quantitative estimate of drug-likeness (QED) is 0.142. The molecule has 0 fully saturated rings. The van der Waals surface area contributed by atoms with E-state index in [0.29, 0.717) is 0 Å². The fraction of sp³-hybridized carbons (Fsp3) is 0.0952. The molecule has 0 bridgehead atoms. The monoisotopic (exact) mass is 598 g/mol. The Bertz CT molecular complexity index is 1970. The molecule has 222 valence electrons. The lowest BCUT2D eigenvalue weighted by Crippen LogP contribution is -2.20. The molecule has 8 rings (SSSR count). The maximum absolute atomic E-state index is 12.4. The van der Waals surface area contributed by atoms with Crippen molar-refractivity contribution in [3.05, 3.63) is 167 Å². The molecule has 0 saturated heterocycles. The number of fused-ring (bicyclic) bond motifs is 6. The van der Waals surface area contributed by atoms with Crippen LogP contribution in [0.3, 0.4) is 0 Å². The Kier molecular flexibility index (Phi) is 7.03. The fourth-order valence-electron chi connectivity index (χ4n) is 6.83. The van der Waals surface area contributed by atoms with E-state index in [9.17, 15) is 9.59 Å². The Morgan fingerprint density at radius 3 is 1.22 bits per heavy atom. The normalized spacial score (nSPS) is 12.1. The molecule has 0 spiro atoms. The van der Waals surface area contributed by atoms with E-state index in [1.807, 2.05) is 48.5 Å². The summed E-state index contributed by atoms with van der Waals surface area (Å²) in [7, 11) is 0. The molecule has 46 heavy (non-hydrogen) atoms. The summed E-state index contributed by atoms with van der Waals surface area (Å²) in [5.41, 5.74) is 16.7. The Morgan fingerprint density at radius 2 is 0.783 bits per heavy atom. The van der Waals surface area contributed by atoms with Gasteiger partial charge in [0.1, 0.15) is 13.2 Å². The van der Waals surface area contributed by atoms with Crippen molar-refractivity contribution in [1.29, 1.82) is 0 Å². The van der Waals surface area contributed by atoms with Crippen molar-refractivity contribution in [2.24, 2.45) is 0 Å². The SMILES string of the molecule is O=C(OCc1ccc(-c2cccc3c2Cc2ccccc2-3)cc1)C(=O)OCc1ccc(-c2cccc3c2Cc2ccccc2-3)cc1. The molecule has 0 heterocycles. The van der Waals surface area contributed by atoms with E-state index in [1.165, 1.54) is 55.6 Å². The van der Waals surface area contributed by atoms with Crippen molar-refractivity contribution in [3.8, 4) is 44.5 Å². The molecule has 6 aromatic rings. The molecule has 2 aliphatic carbocycles. The minimum Gasteiger partial charge on any atom is -0.452 e. The third-order valence-electron chi connectivity index (χ3n) is 9.14. The summed E-state index contributed by atoms with van der Waals surface area (Å²) < 4.78 is 10.5. The smallest absolute Gasteiger partial charge is 0.417 e. The molecule has 0 atom stereocenters. The van der Waals surface area contributed by atoms with Crippen LogP contribution in [0.1, 0.15) is 33.4 Å². The van der Waals surface area contributed by atoms with E-state index in [2.05, 4.69) is 84.9 Å². The van der Waals surface area contributed by atoms with Gasteiger partial charge in [-0.25, -0.2) is 9.59 Å². The van der Waals surface area contributed by atoms with Gasteiger partial charge in [-0.05, 0) is 90.7 Å². The van der Waals surface area contributed by atoms with Crippen LogP contribution in [0.5, 0.6) is 0 Å². The van der Waals surface area contributed by atoms with Crippen molar-refractivity contribution in [3.63, 3.8) is 0 Å². The second-order valence-electron chi connectivity index (χ2n) is 11.9. The number of benzene rings is 6. The number of esters is 2. The van der Waals surface area contributed by atoms with Crippen LogP contribution >= 0.6 is 0 Å². The van der Waals surface area contributed by atoms with Crippen LogP contribution in [-0.2, 0) is 45.1 Å². The Morgan fingerprint density at radius 1 is 0.413 bits per heavy atom. The summed E-state index contributed by atoms with van der Waals surface area (Å²) in [6, 6.07) is 45.8. The van der Waals surface area contributed by atoms with Crippen LogP contribution in [0.15, 0.2) is 133 Å². The molecule has 0 unspecified atom stereocenters. The van der Waals surface area contributed by atoms with Crippen LogP contribution < -0.4 is 0 Å². The average molecular weight is 599 g/mol. The lowest BCUT2D eigenvalue weighted by atomic mass is 9.95. The van der Waals surface area contributed by atoms with Gasteiger partial charge >= 0.3 is 11.9 Å². The highest BCUT2D eigenvalue weighted by Crippen LogP contribution is 2.42. The summed E-state index contributed by atoms with van der Waals surface area (Å²) >= 11 is 0. The van der Waals surface area contributed by atoms with Gasteiger partial charge in [-0.3, -0.25) is 0 Å². The fourth-order valence-corrected chi connectivity index (χ4v) is 6.83. The summed E-state index contributed by atoms with van der Waals surface area (Å²) in [4.78, 5) is 24.8. The maximum atomic E-state index is 12.4. The molecular weight excluding hydrogens is 568 g/mol. The molecule has 4 nitrogen and oxygen atoms in total. The molecule has 2 aliphatic rings. The van der Waals surface area contributed by atoms with E-state index in [-0.39, 0.29) is 13.2 Å². The first-order valence-electron chi connectivity index (χ1n) is 15.6. The standard InChI is InChI=1S/C42H30O4/c43-41(45-25-27-15-19-29(20-16-27)33-11-5-13-37-35-9-3-1-7-31(35)23-39(33)37)42(44)46-26-28-17-21-30(22-18-28)34-12-6-14-38-36-10-4-2-8-32(36)24-40(34)38/h1-22H,23-26H2. The average Bonchev–Trinajstić information content (AvgIpc) is 3.69. The molecule has 0 radical (unpaired) electrons. The third kappa shape index (κ3) is 5.08. The van der Waals surface area contributed by atoms with Crippen LogP contribution in [0.2, 0.25) is 0 Å². The van der Waals surface area contributed by atoms with Gasteiger partial charge in [0.05, 0.1) is 0 Å². The van der Waals surface area contributed by atoms with Gasteiger partial charge < -0.3 is 9.47 Å². The lowest BCUT2D eigenvalue weighted by Gasteiger charge is -2.11. The summed E-state index contributed by atoms with van der Waals surface area (Å²) in [6.45, 7) is -0.0149. The van der Waals surface area contributed by atoms with Gasteiger partial charge in [0.2, 0.25) is 0 Å². The number of hydrogen-bond donors (Lipinski definition) is 0. The van der Waals surface area contributed by atoms with Crippen LogP contribution in [0.4, 0.5) is 0 Å². The molecular formula is C42H30O4. The number of rotatable bonds is 6. The van der Waals surface area contributed by atoms with Gasteiger partial charge in [-0.15, -0.1) is 0 Å². The van der Waals surface area contributed by atoms with E-state index >= 15 is 0 Å². The highest BCUT2D eigenvalue weighted by atomic mass is 16.6. The Labute approximate surface area is 267 Å². The minimum absolute atomic E-state index is 0.00743. The molecule has 0 N–H and O–H groups in total. The summed E-state index contributed by atoms with van der Waals surface area (Å²) in [5.74, 6) is -2.00. The van der Waals surface area contributed by atoms with Crippen molar-refractivity contribution in [2.75, 3.05) is 0 Å². The van der Waals surface area contributed by atoms with Crippen LogP contribution in [0, 0.1) is 0 Å². The number of hydrogen-bond acceptors (Lipinski definition) is 4. The van der Waals surface area contributed by atoms with E-state index in [4.69, 9.17) is 9.47 Å². The van der Waals surface area contributed by atoms with Crippen LogP contribution in [-0.4, -0.2) is 11.9 Å².